The first-order chi connectivity index (χ1) is 13.8. The molecule has 1 aliphatic carbocycles. The van der Waals surface area contributed by atoms with Crippen molar-refractivity contribution in [1.29, 1.82) is 0 Å². The Kier molecular flexibility index (Phi) is 3.28. The molecule has 1 amide bonds. The number of aryl methyl sites for hydroxylation is 2. The number of imidazole rings is 1. The number of hydrogen-bond acceptors (Lipinski definition) is 4. The van der Waals surface area contributed by atoms with Crippen molar-refractivity contribution in [3.63, 3.8) is 0 Å². The van der Waals surface area contributed by atoms with E-state index in [0.717, 1.165) is 0 Å². The summed E-state index contributed by atoms with van der Waals surface area (Å²) in [5, 5.41) is 9.55. The van der Waals surface area contributed by atoms with Crippen LogP contribution in [0.1, 0.15) is 36.6 Å². The van der Waals surface area contributed by atoms with E-state index in [1.54, 1.807) is 50.5 Å². The van der Waals surface area contributed by atoms with Gasteiger partial charge in [-0.05, 0) is 29.8 Å². The highest BCUT2D eigenvalue weighted by Gasteiger charge is 2.43. The third-order valence-electron chi connectivity index (χ3n) is 5.69. The highest BCUT2D eigenvalue weighted by Crippen LogP contribution is 2.37. The van der Waals surface area contributed by atoms with Crippen LogP contribution in [0.2, 0.25) is 0 Å². The molecule has 0 saturated heterocycles. The lowest BCUT2D eigenvalue weighted by Gasteiger charge is -2.37. The smallest absolute Gasteiger partial charge is 0.336 e. The zero-order valence-corrected chi connectivity index (χ0v) is 15.5. The van der Waals surface area contributed by atoms with Gasteiger partial charge in [0.1, 0.15) is 6.04 Å². The largest absolute Gasteiger partial charge is 0.478 e. The monoisotopic (exact) mass is 389 g/mol. The predicted octanol–water partition coefficient (Wildman–Crippen LogP) is 1.81. The molecule has 1 unspecified atom stereocenters. The quantitative estimate of drug-likeness (QED) is 0.720. The van der Waals surface area contributed by atoms with Crippen LogP contribution < -0.4 is 10.6 Å². The number of amides is 1. The van der Waals surface area contributed by atoms with Crippen molar-refractivity contribution < 1.29 is 19.5 Å². The Hall–Kier alpha value is -3.94. The summed E-state index contributed by atoms with van der Waals surface area (Å²) in [7, 11) is 3.28. The molecule has 1 atom stereocenters. The van der Waals surface area contributed by atoms with E-state index in [9.17, 15) is 24.3 Å². The number of aromatic nitrogens is 2. The van der Waals surface area contributed by atoms with Gasteiger partial charge >= 0.3 is 11.7 Å². The van der Waals surface area contributed by atoms with Crippen molar-refractivity contribution in [2.45, 2.75) is 6.04 Å². The molecular weight excluding hydrogens is 374 g/mol. The zero-order valence-electron chi connectivity index (χ0n) is 15.5. The maximum Gasteiger partial charge on any atom is 0.336 e. The Morgan fingerprint density at radius 3 is 2.41 bits per heavy atom. The number of ketones is 1. The third kappa shape index (κ3) is 2.08. The number of nitrogens with zero attached hydrogens (tertiary/aromatic N) is 3. The number of fused-ring (bicyclic) bond motifs is 2. The molecule has 1 aromatic heterocycles. The first-order valence-corrected chi connectivity index (χ1v) is 8.93. The van der Waals surface area contributed by atoms with Crippen LogP contribution in [-0.4, -0.2) is 37.9 Å². The van der Waals surface area contributed by atoms with Crippen LogP contribution in [0.25, 0.3) is 17.1 Å². The topological polar surface area (TPSA) is 102 Å². The predicted molar refractivity (Wildman–Crippen MR) is 106 cm³/mol. The van der Waals surface area contributed by atoms with Gasteiger partial charge in [-0.25, -0.2) is 9.59 Å². The minimum atomic E-state index is -1.27. The number of carboxylic acid groups (broad SMARTS) is 1. The Bertz CT molecular complexity index is 1380. The van der Waals surface area contributed by atoms with E-state index in [0.29, 0.717) is 22.3 Å². The molecular formula is C21H15N3O5. The van der Waals surface area contributed by atoms with E-state index in [4.69, 9.17) is 0 Å². The second kappa shape index (κ2) is 5.54. The normalized spacial score (nSPS) is 17.3. The summed E-state index contributed by atoms with van der Waals surface area (Å²) >= 11 is 0. The molecule has 0 saturated carbocycles. The lowest BCUT2D eigenvalue weighted by Crippen LogP contribution is -2.51. The van der Waals surface area contributed by atoms with E-state index < -0.39 is 17.9 Å². The highest BCUT2D eigenvalue weighted by molar-refractivity contribution is 6.28. The van der Waals surface area contributed by atoms with E-state index in [2.05, 4.69) is 0 Å². The summed E-state index contributed by atoms with van der Waals surface area (Å²) in [4.78, 5) is 51.7. The molecule has 1 N–H and O–H groups in total. The standard InChI is InChI=1S/C21H15N3O5/c1-22-13-8-5-11(9-15(13)23(2)21(22)29)24-14-7-4-10-3-6-12(20(27)28)17(19(24)26)16(10)18(14)25/h3-9,14H,1-2H3,(H,27,28). The van der Waals surface area contributed by atoms with Crippen molar-refractivity contribution in [1.82, 2.24) is 9.13 Å². The van der Waals surface area contributed by atoms with Gasteiger partial charge in [0.15, 0.2) is 5.78 Å². The van der Waals surface area contributed by atoms with Crippen LogP contribution in [0.15, 0.2) is 41.2 Å². The molecule has 8 heteroatoms. The molecule has 2 bridgehead atoms. The molecule has 0 radical (unpaired) electrons. The van der Waals surface area contributed by atoms with Crippen molar-refractivity contribution in [3.8, 4) is 0 Å². The number of Topliss-reactive ketones (excluding diaryl/α,β-unsaturated/α-hetero) is 1. The Balaban J connectivity index is 1.78. The molecule has 2 aliphatic rings. The average molecular weight is 389 g/mol. The number of aromatic carboxylic acids is 1. The number of anilines is 1. The third-order valence-corrected chi connectivity index (χ3v) is 5.69. The molecule has 1 aliphatic heterocycles. The van der Waals surface area contributed by atoms with Crippen molar-refractivity contribution in [3.05, 3.63) is 69.1 Å². The van der Waals surface area contributed by atoms with Gasteiger partial charge in [-0.3, -0.25) is 23.6 Å². The lowest BCUT2D eigenvalue weighted by molar-refractivity contribution is 0.0691. The highest BCUT2D eigenvalue weighted by atomic mass is 16.4. The van der Waals surface area contributed by atoms with Crippen LogP contribution in [-0.2, 0) is 14.1 Å². The van der Waals surface area contributed by atoms with Gasteiger partial charge in [-0.15, -0.1) is 0 Å². The van der Waals surface area contributed by atoms with Crippen molar-refractivity contribution in [2.24, 2.45) is 14.1 Å². The van der Waals surface area contributed by atoms with E-state index in [1.165, 1.54) is 20.1 Å². The molecule has 29 heavy (non-hydrogen) atoms. The van der Waals surface area contributed by atoms with Gasteiger partial charge in [-0.1, -0.05) is 18.2 Å². The molecule has 144 valence electrons. The molecule has 3 aromatic rings. The number of carbonyl (C=O) groups is 3. The van der Waals surface area contributed by atoms with Gasteiger partial charge in [0.25, 0.3) is 5.91 Å². The molecule has 5 rings (SSSR count). The summed E-state index contributed by atoms with van der Waals surface area (Å²) in [5.41, 5.74) is 1.90. The number of hydrogen-bond donors (Lipinski definition) is 1. The molecule has 2 aromatic carbocycles. The number of rotatable bonds is 2. The minimum Gasteiger partial charge on any atom is -0.478 e. The van der Waals surface area contributed by atoms with Gasteiger partial charge in [0.05, 0.1) is 22.2 Å². The van der Waals surface area contributed by atoms with E-state index in [1.807, 2.05) is 0 Å². The summed E-state index contributed by atoms with van der Waals surface area (Å²) in [6.45, 7) is 0. The Labute approximate surface area is 163 Å². The number of carbonyl (C=O) groups excluding carboxylic acids is 2. The maximum absolute atomic E-state index is 13.4. The van der Waals surface area contributed by atoms with Crippen LogP contribution in [0.4, 0.5) is 5.69 Å². The van der Waals surface area contributed by atoms with E-state index >= 15 is 0 Å². The number of benzene rings is 2. The minimum absolute atomic E-state index is 0.0948. The molecule has 0 fully saturated rings. The van der Waals surface area contributed by atoms with Gasteiger partial charge in [0, 0.05) is 25.3 Å². The Morgan fingerprint density at radius 2 is 1.69 bits per heavy atom. The fraction of sp³-hybridized carbons (Fsp3) is 0.143. The zero-order chi connectivity index (χ0) is 20.6. The van der Waals surface area contributed by atoms with Crippen LogP contribution in [0, 0.1) is 0 Å². The fourth-order valence-corrected chi connectivity index (χ4v) is 4.23. The average Bonchev–Trinajstić information content (AvgIpc) is 2.92. The van der Waals surface area contributed by atoms with Crippen molar-refractivity contribution in [2.75, 3.05) is 4.90 Å². The van der Waals surface area contributed by atoms with Gasteiger partial charge in [0.2, 0.25) is 0 Å². The first-order valence-electron chi connectivity index (χ1n) is 8.93. The molecule has 2 heterocycles. The summed E-state index contributed by atoms with van der Waals surface area (Å²) in [6, 6.07) is 7.07. The SMILES string of the molecule is Cn1c(=O)n(C)c2cc(N3C(=O)c4c(C(=O)O)ccc5c4C(=O)C3C=C5)ccc21. The lowest BCUT2D eigenvalue weighted by atomic mass is 9.81. The van der Waals surface area contributed by atoms with Crippen LogP contribution >= 0.6 is 0 Å². The maximum atomic E-state index is 13.4. The second-order valence-corrected chi connectivity index (χ2v) is 7.17. The second-order valence-electron chi connectivity index (χ2n) is 7.17. The molecule has 8 nitrogen and oxygen atoms in total. The van der Waals surface area contributed by atoms with Gasteiger partial charge < -0.3 is 5.11 Å². The van der Waals surface area contributed by atoms with Gasteiger partial charge in [-0.2, -0.15) is 0 Å². The fourth-order valence-electron chi connectivity index (χ4n) is 4.23. The summed E-state index contributed by atoms with van der Waals surface area (Å²) < 4.78 is 2.95. The molecule has 0 spiro atoms. The summed E-state index contributed by atoms with van der Waals surface area (Å²) in [5.74, 6) is -2.13. The number of carboxylic acids is 1. The first kappa shape index (κ1) is 17.2. The van der Waals surface area contributed by atoms with Crippen molar-refractivity contribution >= 4 is 40.5 Å². The van der Waals surface area contributed by atoms with Crippen LogP contribution in [0.3, 0.4) is 0 Å². The van der Waals surface area contributed by atoms with E-state index in [-0.39, 0.29) is 28.2 Å². The van der Waals surface area contributed by atoms with Crippen LogP contribution in [0.5, 0.6) is 0 Å². The summed E-state index contributed by atoms with van der Waals surface area (Å²) in [6.07, 6.45) is 3.37. The Morgan fingerprint density at radius 1 is 0.966 bits per heavy atom.